The van der Waals surface area contributed by atoms with Gasteiger partial charge in [0.05, 0.1) is 12.1 Å². The molecule has 120 valence electrons. The van der Waals surface area contributed by atoms with E-state index in [2.05, 4.69) is 9.97 Å². The first kappa shape index (κ1) is 16.7. The predicted octanol–water partition coefficient (Wildman–Crippen LogP) is 5.03. The van der Waals surface area contributed by atoms with Crippen LogP contribution in [0.15, 0.2) is 18.5 Å². The molecule has 0 spiro atoms. The van der Waals surface area contributed by atoms with Crippen molar-refractivity contribution in [3.63, 3.8) is 0 Å². The number of halogens is 7. The topological polar surface area (TPSA) is 25.8 Å². The highest BCUT2D eigenvalue weighted by Crippen LogP contribution is 2.45. The minimum atomic E-state index is -5.04. The van der Waals surface area contributed by atoms with Crippen LogP contribution in [0.2, 0.25) is 0 Å². The van der Waals surface area contributed by atoms with Gasteiger partial charge >= 0.3 is 12.4 Å². The summed E-state index contributed by atoms with van der Waals surface area (Å²) in [6.07, 6.45) is -8.03. The van der Waals surface area contributed by atoms with E-state index in [4.69, 9.17) is 0 Å². The van der Waals surface area contributed by atoms with Crippen molar-refractivity contribution in [1.82, 2.24) is 9.97 Å². The molecule has 22 heavy (non-hydrogen) atoms. The molecule has 1 atom stereocenters. The summed E-state index contributed by atoms with van der Waals surface area (Å²) >= 11 is 0.225. The van der Waals surface area contributed by atoms with Crippen LogP contribution in [0.4, 0.5) is 30.7 Å². The van der Waals surface area contributed by atoms with Gasteiger partial charge in [0.25, 0.3) is 0 Å². The molecule has 2 rings (SSSR count). The molecule has 0 N–H and O–H groups in total. The van der Waals surface area contributed by atoms with Crippen LogP contribution in [0.1, 0.15) is 23.4 Å². The Morgan fingerprint density at radius 2 is 1.73 bits per heavy atom. The van der Waals surface area contributed by atoms with Gasteiger partial charge in [0.2, 0.25) is 0 Å². The van der Waals surface area contributed by atoms with Gasteiger partial charge in [-0.2, -0.15) is 26.3 Å². The number of hydrogen-bond acceptors (Lipinski definition) is 3. The average molecular weight is 344 g/mol. The average Bonchev–Trinajstić information content (AvgIpc) is 2.81. The van der Waals surface area contributed by atoms with E-state index in [0.717, 1.165) is 18.5 Å². The Morgan fingerprint density at radius 3 is 2.23 bits per heavy atom. The highest BCUT2D eigenvalue weighted by atomic mass is 32.1. The van der Waals surface area contributed by atoms with Crippen molar-refractivity contribution in [2.45, 2.75) is 25.2 Å². The second-order valence-electron chi connectivity index (χ2n) is 4.38. The van der Waals surface area contributed by atoms with Gasteiger partial charge in [-0.3, -0.25) is 4.98 Å². The van der Waals surface area contributed by atoms with Crippen molar-refractivity contribution in [3.05, 3.63) is 34.8 Å². The first-order valence-electron chi connectivity index (χ1n) is 5.75. The zero-order valence-electron chi connectivity index (χ0n) is 10.8. The minimum absolute atomic E-state index is 0.115. The van der Waals surface area contributed by atoms with E-state index < -0.39 is 34.7 Å². The van der Waals surface area contributed by atoms with Crippen molar-refractivity contribution in [3.8, 4) is 10.6 Å². The standard InChI is InChI=1S/C12H7F7N2S/c1-5(11(14,15)16)8-9(12(17,18)19)21-10(22-8)6-2-7(13)4-20-3-6/h2-5H,1H3. The number of alkyl halides is 6. The SMILES string of the molecule is CC(c1sc(-c2cncc(F)c2)nc1C(F)(F)F)C(F)(F)F. The summed E-state index contributed by atoms with van der Waals surface area (Å²) in [6.45, 7) is 0.621. The number of thiazole rings is 1. The lowest BCUT2D eigenvalue weighted by atomic mass is 10.1. The molecule has 2 aromatic heterocycles. The molecule has 2 nitrogen and oxygen atoms in total. The van der Waals surface area contributed by atoms with Crippen LogP contribution in [0.25, 0.3) is 10.6 Å². The lowest BCUT2D eigenvalue weighted by Crippen LogP contribution is -2.20. The summed E-state index contributed by atoms with van der Waals surface area (Å²) in [5.41, 5.74) is -1.72. The fourth-order valence-corrected chi connectivity index (χ4v) is 2.77. The fraction of sp³-hybridized carbons (Fsp3) is 0.333. The van der Waals surface area contributed by atoms with Crippen molar-refractivity contribution < 1.29 is 30.7 Å². The Hall–Kier alpha value is -1.71. The molecule has 0 saturated carbocycles. The number of rotatable bonds is 2. The second kappa shape index (κ2) is 5.49. The third-order valence-corrected chi connectivity index (χ3v) is 4.05. The van der Waals surface area contributed by atoms with Crippen LogP contribution >= 0.6 is 11.3 Å². The molecule has 0 aromatic carbocycles. The van der Waals surface area contributed by atoms with Crippen LogP contribution in [-0.4, -0.2) is 16.1 Å². The van der Waals surface area contributed by atoms with Crippen molar-refractivity contribution in [2.24, 2.45) is 0 Å². The van der Waals surface area contributed by atoms with E-state index >= 15 is 0 Å². The van der Waals surface area contributed by atoms with Gasteiger partial charge in [-0.05, 0) is 13.0 Å². The lowest BCUT2D eigenvalue weighted by molar-refractivity contribution is -0.153. The van der Waals surface area contributed by atoms with Gasteiger partial charge in [0, 0.05) is 16.6 Å². The molecule has 0 saturated heterocycles. The molecule has 0 bridgehead atoms. The molecule has 2 heterocycles. The lowest BCUT2D eigenvalue weighted by Gasteiger charge is -2.15. The van der Waals surface area contributed by atoms with Gasteiger partial charge in [0.15, 0.2) is 5.69 Å². The highest BCUT2D eigenvalue weighted by molar-refractivity contribution is 7.15. The summed E-state index contributed by atoms with van der Waals surface area (Å²) < 4.78 is 89.9. The zero-order valence-corrected chi connectivity index (χ0v) is 11.6. The van der Waals surface area contributed by atoms with E-state index in [1.54, 1.807) is 0 Å². The molecule has 0 radical (unpaired) electrons. The molecule has 0 aliphatic carbocycles. The highest BCUT2D eigenvalue weighted by Gasteiger charge is 2.46. The van der Waals surface area contributed by atoms with Crippen LogP contribution < -0.4 is 0 Å². The predicted molar refractivity (Wildman–Crippen MR) is 64.8 cm³/mol. The number of pyridine rings is 1. The molecule has 10 heteroatoms. The molecule has 1 unspecified atom stereocenters. The maximum atomic E-state index is 13.1. The minimum Gasteiger partial charge on any atom is -0.261 e. The van der Waals surface area contributed by atoms with E-state index in [-0.39, 0.29) is 21.9 Å². The van der Waals surface area contributed by atoms with E-state index in [9.17, 15) is 30.7 Å². The Labute approximate surface area is 123 Å². The Balaban J connectivity index is 2.59. The molecule has 0 fully saturated rings. The van der Waals surface area contributed by atoms with Gasteiger partial charge in [-0.25, -0.2) is 9.37 Å². The first-order chi connectivity index (χ1) is 10.00. The van der Waals surface area contributed by atoms with Gasteiger partial charge in [-0.15, -0.1) is 11.3 Å². The smallest absolute Gasteiger partial charge is 0.261 e. The molecule has 0 aliphatic heterocycles. The second-order valence-corrected chi connectivity index (χ2v) is 5.42. The molecule has 2 aromatic rings. The Morgan fingerprint density at radius 1 is 1.09 bits per heavy atom. The molecular formula is C12H7F7N2S. The van der Waals surface area contributed by atoms with Crippen LogP contribution in [0.3, 0.4) is 0 Å². The summed E-state index contributed by atoms with van der Waals surface area (Å²) in [5.74, 6) is -3.16. The van der Waals surface area contributed by atoms with Crippen LogP contribution in [0.5, 0.6) is 0 Å². The zero-order chi connectivity index (χ0) is 16.7. The number of hydrogen-bond donors (Lipinski definition) is 0. The van der Waals surface area contributed by atoms with Gasteiger partial charge < -0.3 is 0 Å². The summed E-state index contributed by atoms with van der Waals surface area (Å²) in [4.78, 5) is 5.70. The third kappa shape index (κ3) is 3.37. The summed E-state index contributed by atoms with van der Waals surface area (Å²) in [6, 6.07) is 0.855. The molecular weight excluding hydrogens is 337 g/mol. The fourth-order valence-electron chi connectivity index (χ4n) is 1.63. The maximum absolute atomic E-state index is 13.1. The third-order valence-electron chi connectivity index (χ3n) is 2.76. The van der Waals surface area contributed by atoms with Crippen LogP contribution in [-0.2, 0) is 6.18 Å². The largest absolute Gasteiger partial charge is 0.434 e. The normalized spacial score (nSPS) is 14.2. The number of aromatic nitrogens is 2. The Kier molecular flexibility index (Phi) is 4.16. The monoisotopic (exact) mass is 344 g/mol. The molecule has 0 amide bonds. The van der Waals surface area contributed by atoms with Crippen molar-refractivity contribution in [1.29, 1.82) is 0 Å². The van der Waals surface area contributed by atoms with Crippen LogP contribution in [0, 0.1) is 5.82 Å². The maximum Gasteiger partial charge on any atom is 0.434 e. The number of nitrogens with zero attached hydrogens (tertiary/aromatic N) is 2. The van der Waals surface area contributed by atoms with Gasteiger partial charge in [-0.1, -0.05) is 0 Å². The van der Waals surface area contributed by atoms with Crippen molar-refractivity contribution >= 4 is 11.3 Å². The Bertz CT molecular complexity index is 675. The van der Waals surface area contributed by atoms with Crippen molar-refractivity contribution in [2.75, 3.05) is 0 Å². The quantitative estimate of drug-likeness (QED) is 0.714. The summed E-state index contributed by atoms with van der Waals surface area (Å²) in [7, 11) is 0. The van der Waals surface area contributed by atoms with E-state index in [1.807, 2.05) is 0 Å². The van der Waals surface area contributed by atoms with E-state index in [0.29, 0.717) is 6.92 Å². The summed E-state index contributed by atoms with van der Waals surface area (Å²) in [5, 5.41) is -0.370. The van der Waals surface area contributed by atoms with Gasteiger partial charge in [0.1, 0.15) is 10.8 Å². The van der Waals surface area contributed by atoms with E-state index in [1.165, 1.54) is 0 Å². The molecule has 0 aliphatic rings. The first-order valence-corrected chi connectivity index (χ1v) is 6.57.